The Balaban J connectivity index is 1.37. The van der Waals surface area contributed by atoms with Crippen LogP contribution in [0, 0.1) is 11.8 Å². The van der Waals surface area contributed by atoms with Crippen molar-refractivity contribution in [2.75, 3.05) is 31.1 Å². The molecule has 0 bridgehead atoms. The summed E-state index contributed by atoms with van der Waals surface area (Å²) in [6, 6.07) is 12.2. The average Bonchev–Trinajstić information content (AvgIpc) is 2.75. The minimum atomic E-state index is 0.171. The van der Waals surface area contributed by atoms with Gasteiger partial charge in [-0.05, 0) is 31.6 Å². The molecule has 0 unspecified atom stereocenters. The molecular weight excluding hydrogens is 336 g/mol. The summed E-state index contributed by atoms with van der Waals surface area (Å²) in [6.07, 6.45) is 5.76. The Hall–Kier alpha value is -2.43. The van der Waals surface area contributed by atoms with Crippen LogP contribution in [0.2, 0.25) is 0 Å². The van der Waals surface area contributed by atoms with Crippen LogP contribution in [0.15, 0.2) is 42.7 Å². The van der Waals surface area contributed by atoms with Crippen molar-refractivity contribution >= 4 is 11.7 Å². The van der Waals surface area contributed by atoms with Gasteiger partial charge in [0.15, 0.2) is 0 Å². The highest BCUT2D eigenvalue weighted by Gasteiger charge is 2.30. The van der Waals surface area contributed by atoms with E-state index in [0.29, 0.717) is 5.91 Å². The minimum absolute atomic E-state index is 0.171. The lowest BCUT2D eigenvalue weighted by Crippen LogP contribution is -2.45. The summed E-state index contributed by atoms with van der Waals surface area (Å²) in [4.78, 5) is 26.1. The van der Waals surface area contributed by atoms with Crippen LogP contribution in [0.3, 0.4) is 0 Å². The lowest BCUT2D eigenvalue weighted by Gasteiger charge is -2.37. The first kappa shape index (κ1) is 18.0. The van der Waals surface area contributed by atoms with E-state index in [1.54, 1.807) is 6.33 Å². The number of hydrogen-bond donors (Lipinski definition) is 0. The van der Waals surface area contributed by atoms with Gasteiger partial charge < -0.3 is 9.80 Å². The molecule has 5 heteroatoms. The van der Waals surface area contributed by atoms with E-state index < -0.39 is 0 Å². The zero-order chi connectivity index (χ0) is 18.6. The topological polar surface area (TPSA) is 49.3 Å². The highest BCUT2D eigenvalue weighted by Crippen LogP contribution is 2.27. The molecule has 0 atom stereocenters. The van der Waals surface area contributed by atoms with Gasteiger partial charge in [0.1, 0.15) is 12.1 Å². The fourth-order valence-electron chi connectivity index (χ4n) is 4.13. The molecule has 3 heterocycles. The fraction of sp³-hybridized carbons (Fsp3) is 0.500. The van der Waals surface area contributed by atoms with Gasteiger partial charge in [0.2, 0.25) is 5.91 Å². The number of likely N-dealkylation sites (tertiary alicyclic amines) is 1. The third-order valence-electron chi connectivity index (χ3n) is 5.99. The third kappa shape index (κ3) is 4.12. The highest BCUT2D eigenvalue weighted by molar-refractivity contribution is 5.79. The minimum Gasteiger partial charge on any atom is -0.356 e. The van der Waals surface area contributed by atoms with Crippen molar-refractivity contribution in [3.63, 3.8) is 0 Å². The summed E-state index contributed by atoms with van der Waals surface area (Å²) in [5, 5.41) is 0. The van der Waals surface area contributed by atoms with Crippen molar-refractivity contribution < 1.29 is 4.79 Å². The van der Waals surface area contributed by atoms with Crippen LogP contribution in [0.25, 0.3) is 11.3 Å². The molecule has 142 valence electrons. The smallest absolute Gasteiger partial charge is 0.225 e. The normalized spacial score (nSPS) is 19.3. The molecule has 2 aliphatic heterocycles. The Morgan fingerprint density at radius 1 is 0.963 bits per heavy atom. The Bertz CT molecular complexity index is 763. The van der Waals surface area contributed by atoms with E-state index in [9.17, 15) is 4.79 Å². The first-order valence-electron chi connectivity index (χ1n) is 10.1. The van der Waals surface area contributed by atoms with E-state index in [2.05, 4.69) is 44.9 Å². The van der Waals surface area contributed by atoms with E-state index >= 15 is 0 Å². The van der Waals surface area contributed by atoms with Gasteiger partial charge in [-0.15, -0.1) is 0 Å². The molecule has 5 nitrogen and oxygen atoms in total. The predicted molar refractivity (Wildman–Crippen MR) is 107 cm³/mol. The standard InChI is InChI=1S/C22H28N4O/c1-17-7-11-26(12-8-17)22(27)19-9-13-25(14-10-19)21-15-20(23-16-24-21)18-5-3-2-4-6-18/h2-6,15-17,19H,7-14H2,1H3. The molecule has 2 aliphatic rings. The second kappa shape index (κ2) is 8.07. The fourth-order valence-corrected chi connectivity index (χ4v) is 4.13. The summed E-state index contributed by atoms with van der Waals surface area (Å²) in [5.74, 6) is 2.26. The Kier molecular flexibility index (Phi) is 5.37. The number of carbonyl (C=O) groups is 1. The van der Waals surface area contributed by atoms with E-state index in [-0.39, 0.29) is 5.92 Å². The van der Waals surface area contributed by atoms with Crippen LogP contribution < -0.4 is 4.90 Å². The van der Waals surface area contributed by atoms with Crippen LogP contribution in [-0.2, 0) is 4.79 Å². The van der Waals surface area contributed by atoms with Crippen LogP contribution in [0.4, 0.5) is 5.82 Å². The van der Waals surface area contributed by atoms with Crippen molar-refractivity contribution in [1.29, 1.82) is 0 Å². The molecule has 1 amide bonds. The number of rotatable bonds is 3. The number of amides is 1. The zero-order valence-corrected chi connectivity index (χ0v) is 16.1. The van der Waals surface area contributed by atoms with E-state index in [4.69, 9.17) is 0 Å². The maximum atomic E-state index is 12.8. The second-order valence-electron chi connectivity index (χ2n) is 7.90. The summed E-state index contributed by atoms with van der Waals surface area (Å²) >= 11 is 0. The Morgan fingerprint density at radius 3 is 2.37 bits per heavy atom. The molecule has 2 saturated heterocycles. The van der Waals surface area contributed by atoms with E-state index in [1.807, 2.05) is 18.2 Å². The highest BCUT2D eigenvalue weighted by atomic mass is 16.2. The number of nitrogens with zero attached hydrogens (tertiary/aromatic N) is 4. The maximum absolute atomic E-state index is 12.8. The zero-order valence-electron chi connectivity index (χ0n) is 16.1. The molecule has 2 aromatic rings. The third-order valence-corrected chi connectivity index (χ3v) is 5.99. The number of aromatic nitrogens is 2. The summed E-state index contributed by atoms with van der Waals surface area (Å²) in [5.41, 5.74) is 2.05. The number of piperidine rings is 2. The summed E-state index contributed by atoms with van der Waals surface area (Å²) < 4.78 is 0. The van der Waals surface area contributed by atoms with Gasteiger partial charge in [0.05, 0.1) is 5.69 Å². The summed E-state index contributed by atoms with van der Waals surface area (Å²) in [6.45, 7) is 5.92. The molecule has 0 N–H and O–H groups in total. The number of anilines is 1. The Morgan fingerprint density at radius 2 is 1.67 bits per heavy atom. The summed E-state index contributed by atoms with van der Waals surface area (Å²) in [7, 11) is 0. The van der Waals surface area contributed by atoms with Crippen molar-refractivity contribution in [2.24, 2.45) is 11.8 Å². The second-order valence-corrected chi connectivity index (χ2v) is 7.90. The van der Waals surface area contributed by atoms with Gasteiger partial charge >= 0.3 is 0 Å². The Labute approximate surface area is 161 Å². The number of hydrogen-bond acceptors (Lipinski definition) is 4. The van der Waals surface area contributed by atoms with Gasteiger partial charge in [0, 0.05) is 43.7 Å². The first-order valence-corrected chi connectivity index (χ1v) is 10.1. The van der Waals surface area contributed by atoms with Gasteiger partial charge in [-0.1, -0.05) is 37.3 Å². The largest absolute Gasteiger partial charge is 0.356 e. The van der Waals surface area contributed by atoms with Gasteiger partial charge in [-0.3, -0.25) is 4.79 Å². The van der Waals surface area contributed by atoms with Gasteiger partial charge in [-0.2, -0.15) is 0 Å². The van der Waals surface area contributed by atoms with Crippen LogP contribution >= 0.6 is 0 Å². The molecule has 0 radical (unpaired) electrons. The molecule has 4 rings (SSSR count). The van der Waals surface area contributed by atoms with Gasteiger partial charge in [-0.25, -0.2) is 9.97 Å². The lowest BCUT2D eigenvalue weighted by molar-refractivity contribution is -0.137. The van der Waals surface area contributed by atoms with Crippen LogP contribution in [-0.4, -0.2) is 47.0 Å². The quantitative estimate of drug-likeness (QED) is 0.835. The maximum Gasteiger partial charge on any atom is 0.225 e. The van der Waals surface area contributed by atoms with Crippen molar-refractivity contribution in [2.45, 2.75) is 32.6 Å². The van der Waals surface area contributed by atoms with Crippen LogP contribution in [0.1, 0.15) is 32.6 Å². The molecule has 0 spiro atoms. The first-order chi connectivity index (χ1) is 13.2. The van der Waals surface area contributed by atoms with E-state index in [1.165, 1.54) is 0 Å². The van der Waals surface area contributed by atoms with Crippen molar-refractivity contribution in [3.8, 4) is 11.3 Å². The molecule has 0 saturated carbocycles. The SMILES string of the molecule is CC1CCN(C(=O)C2CCN(c3cc(-c4ccccc4)ncn3)CC2)CC1. The molecular formula is C22H28N4O. The van der Waals surface area contributed by atoms with Gasteiger partial charge in [0.25, 0.3) is 0 Å². The predicted octanol–water partition coefficient (Wildman–Crippen LogP) is 3.62. The monoisotopic (exact) mass is 364 g/mol. The molecule has 2 fully saturated rings. The van der Waals surface area contributed by atoms with E-state index in [0.717, 1.165) is 74.9 Å². The van der Waals surface area contributed by atoms with Crippen molar-refractivity contribution in [3.05, 3.63) is 42.7 Å². The van der Waals surface area contributed by atoms with Crippen LogP contribution in [0.5, 0.6) is 0 Å². The average molecular weight is 364 g/mol. The number of benzene rings is 1. The molecule has 0 aliphatic carbocycles. The molecule has 27 heavy (non-hydrogen) atoms. The molecule has 1 aromatic carbocycles. The number of carbonyl (C=O) groups excluding carboxylic acids is 1. The lowest BCUT2D eigenvalue weighted by atomic mass is 9.92. The van der Waals surface area contributed by atoms with Crippen molar-refractivity contribution in [1.82, 2.24) is 14.9 Å². The molecule has 1 aromatic heterocycles.